The highest BCUT2D eigenvalue weighted by atomic mass is 19.4. The Kier molecular flexibility index (Phi) is 5.87. The van der Waals surface area contributed by atoms with Gasteiger partial charge in [-0.3, -0.25) is 9.79 Å². The summed E-state index contributed by atoms with van der Waals surface area (Å²) in [7, 11) is 1.59. The van der Waals surface area contributed by atoms with E-state index in [4.69, 9.17) is 0 Å². The molecule has 1 aliphatic heterocycles. The molecule has 0 spiro atoms. The third-order valence-corrected chi connectivity index (χ3v) is 4.56. The van der Waals surface area contributed by atoms with Gasteiger partial charge in [-0.05, 0) is 29.3 Å². The smallest absolute Gasteiger partial charge is 0.356 e. The van der Waals surface area contributed by atoms with Gasteiger partial charge in [0.15, 0.2) is 5.96 Å². The highest BCUT2D eigenvalue weighted by molar-refractivity contribution is 5.94. The van der Waals surface area contributed by atoms with Crippen molar-refractivity contribution < 1.29 is 18.0 Å². The number of halogens is 3. The van der Waals surface area contributed by atoms with Crippen molar-refractivity contribution in [2.75, 3.05) is 18.9 Å². The number of carbonyl (C=O) groups excluding carboxylic acids is 1. The van der Waals surface area contributed by atoms with E-state index in [9.17, 15) is 18.0 Å². The minimum Gasteiger partial charge on any atom is -0.356 e. The number of aliphatic imine (C=N–C) groups is 1. The summed E-state index contributed by atoms with van der Waals surface area (Å²) in [6, 6.07) is 12.8. The maximum absolute atomic E-state index is 12.8. The normalized spacial score (nSPS) is 16.9. The molecule has 0 saturated carbocycles. The molecule has 0 aliphatic carbocycles. The lowest BCUT2D eigenvalue weighted by molar-refractivity contribution is -0.137. The van der Waals surface area contributed by atoms with Gasteiger partial charge in [-0.2, -0.15) is 13.2 Å². The summed E-state index contributed by atoms with van der Waals surface area (Å²) < 4.78 is 38.5. The number of carbonyl (C=O) groups is 1. The molecule has 0 radical (unpaired) electrons. The molecular formula is C20H21F3N4O. The Morgan fingerprint density at radius 1 is 1.18 bits per heavy atom. The van der Waals surface area contributed by atoms with Crippen LogP contribution in [0.1, 0.15) is 29.0 Å². The van der Waals surface area contributed by atoms with Crippen molar-refractivity contribution in [2.45, 2.75) is 25.1 Å². The fourth-order valence-electron chi connectivity index (χ4n) is 3.17. The number of nitrogens with zero attached hydrogens (tertiary/aromatic N) is 1. The monoisotopic (exact) mass is 390 g/mol. The number of para-hydroxylation sites is 1. The largest absolute Gasteiger partial charge is 0.416 e. The van der Waals surface area contributed by atoms with E-state index in [1.54, 1.807) is 13.1 Å². The molecule has 0 aromatic heterocycles. The zero-order chi connectivity index (χ0) is 20.1. The summed E-state index contributed by atoms with van der Waals surface area (Å²) in [5, 5.41) is 9.01. The van der Waals surface area contributed by atoms with E-state index in [0.717, 1.165) is 23.4 Å². The second kappa shape index (κ2) is 8.33. The lowest BCUT2D eigenvalue weighted by Gasteiger charge is -2.26. The lowest BCUT2D eigenvalue weighted by Crippen LogP contribution is -2.40. The Morgan fingerprint density at radius 3 is 2.71 bits per heavy atom. The molecular weight excluding hydrogens is 369 g/mol. The zero-order valence-electron chi connectivity index (χ0n) is 15.3. The van der Waals surface area contributed by atoms with E-state index in [-0.39, 0.29) is 18.4 Å². The maximum atomic E-state index is 12.8. The summed E-state index contributed by atoms with van der Waals surface area (Å²) in [5.41, 5.74) is 1.67. The number of guanidine groups is 1. The van der Waals surface area contributed by atoms with Crippen molar-refractivity contribution in [3.05, 3.63) is 65.2 Å². The molecule has 1 amide bonds. The molecule has 3 N–H and O–H groups in total. The van der Waals surface area contributed by atoms with E-state index >= 15 is 0 Å². The van der Waals surface area contributed by atoms with Crippen LogP contribution in [0, 0.1) is 0 Å². The molecule has 1 unspecified atom stereocenters. The second-order valence-electron chi connectivity index (χ2n) is 6.54. The molecule has 1 heterocycles. The summed E-state index contributed by atoms with van der Waals surface area (Å²) in [4.78, 5) is 16.0. The molecule has 3 rings (SSSR count). The van der Waals surface area contributed by atoms with Gasteiger partial charge >= 0.3 is 6.18 Å². The highest BCUT2D eigenvalue weighted by Gasteiger charge is 2.30. The van der Waals surface area contributed by atoms with Gasteiger partial charge in [0.25, 0.3) is 0 Å². The molecule has 2 aromatic carbocycles. The SMILES string of the molecule is CN=C(NCc1cccc(C(F)(F)F)c1)NCC1CC(=O)Nc2ccccc21. The van der Waals surface area contributed by atoms with Crippen LogP contribution in [0.25, 0.3) is 0 Å². The van der Waals surface area contributed by atoms with Gasteiger partial charge in [-0.1, -0.05) is 30.3 Å². The van der Waals surface area contributed by atoms with Crippen molar-refractivity contribution in [2.24, 2.45) is 4.99 Å². The van der Waals surface area contributed by atoms with Crippen LogP contribution in [-0.4, -0.2) is 25.5 Å². The highest BCUT2D eigenvalue weighted by Crippen LogP contribution is 2.31. The van der Waals surface area contributed by atoms with Crippen LogP contribution in [0.2, 0.25) is 0 Å². The van der Waals surface area contributed by atoms with Crippen LogP contribution >= 0.6 is 0 Å². The minimum absolute atomic E-state index is 0.0166. The molecule has 148 valence electrons. The Morgan fingerprint density at radius 2 is 1.96 bits per heavy atom. The fourth-order valence-corrected chi connectivity index (χ4v) is 3.17. The first-order valence-electron chi connectivity index (χ1n) is 8.86. The molecule has 0 bridgehead atoms. The number of benzene rings is 2. The maximum Gasteiger partial charge on any atom is 0.416 e. The number of rotatable bonds is 4. The number of nitrogens with one attached hydrogen (secondary N) is 3. The van der Waals surface area contributed by atoms with Crippen LogP contribution in [0.3, 0.4) is 0 Å². The summed E-state index contributed by atoms with van der Waals surface area (Å²) in [6.45, 7) is 0.679. The molecule has 8 heteroatoms. The van der Waals surface area contributed by atoms with Gasteiger partial charge in [0.05, 0.1) is 5.56 Å². The third kappa shape index (κ3) is 4.82. The van der Waals surface area contributed by atoms with Gasteiger partial charge in [-0.15, -0.1) is 0 Å². The van der Waals surface area contributed by atoms with Crippen LogP contribution in [0.15, 0.2) is 53.5 Å². The molecule has 28 heavy (non-hydrogen) atoms. The molecule has 1 atom stereocenters. The lowest BCUT2D eigenvalue weighted by atomic mass is 9.90. The first-order valence-corrected chi connectivity index (χ1v) is 8.86. The van der Waals surface area contributed by atoms with Crippen molar-refractivity contribution in [3.8, 4) is 0 Å². The molecule has 0 saturated heterocycles. The fraction of sp³-hybridized carbons (Fsp3) is 0.300. The van der Waals surface area contributed by atoms with Gasteiger partial charge < -0.3 is 16.0 Å². The first-order chi connectivity index (χ1) is 13.4. The van der Waals surface area contributed by atoms with Crippen LogP contribution < -0.4 is 16.0 Å². The number of fused-ring (bicyclic) bond motifs is 1. The van der Waals surface area contributed by atoms with E-state index < -0.39 is 11.7 Å². The topological polar surface area (TPSA) is 65.5 Å². The summed E-state index contributed by atoms with van der Waals surface area (Å²) in [5.74, 6) is 0.398. The quantitative estimate of drug-likeness (QED) is 0.553. The Bertz CT molecular complexity index is 880. The molecule has 0 fully saturated rings. The van der Waals surface area contributed by atoms with E-state index in [2.05, 4.69) is 20.9 Å². The number of amides is 1. The van der Waals surface area contributed by atoms with E-state index in [1.165, 1.54) is 6.07 Å². The Labute approximate surface area is 161 Å². The van der Waals surface area contributed by atoms with Gasteiger partial charge in [0.2, 0.25) is 5.91 Å². The van der Waals surface area contributed by atoms with Crippen LogP contribution in [0.5, 0.6) is 0 Å². The predicted octanol–water partition coefficient (Wildman–Crippen LogP) is 3.50. The first kappa shape index (κ1) is 19.7. The molecule has 2 aromatic rings. The van der Waals surface area contributed by atoms with E-state index in [0.29, 0.717) is 24.5 Å². The molecule has 5 nitrogen and oxygen atoms in total. The average Bonchev–Trinajstić information content (AvgIpc) is 2.67. The number of alkyl halides is 3. The van der Waals surface area contributed by atoms with Gasteiger partial charge in [-0.25, -0.2) is 0 Å². The predicted molar refractivity (Wildman–Crippen MR) is 102 cm³/mol. The molecule has 1 aliphatic rings. The van der Waals surface area contributed by atoms with Crippen LogP contribution in [-0.2, 0) is 17.5 Å². The van der Waals surface area contributed by atoms with Crippen LogP contribution in [0.4, 0.5) is 18.9 Å². The summed E-state index contributed by atoms with van der Waals surface area (Å²) in [6.07, 6.45) is -4.01. The standard InChI is InChI=1S/C20H21F3N4O/c1-24-19(25-11-13-5-4-6-15(9-13)20(21,22)23)26-12-14-10-18(28)27-17-8-3-2-7-16(14)17/h2-9,14H,10-12H2,1H3,(H,27,28)(H2,24,25,26). The third-order valence-electron chi connectivity index (χ3n) is 4.56. The van der Waals surface area contributed by atoms with Crippen molar-refractivity contribution in [1.82, 2.24) is 10.6 Å². The van der Waals surface area contributed by atoms with Crippen molar-refractivity contribution in [3.63, 3.8) is 0 Å². The second-order valence-corrected chi connectivity index (χ2v) is 6.54. The zero-order valence-corrected chi connectivity index (χ0v) is 15.3. The number of hydrogen-bond acceptors (Lipinski definition) is 2. The Balaban J connectivity index is 1.60. The number of anilines is 1. The Hall–Kier alpha value is -3.03. The van der Waals surface area contributed by atoms with Gasteiger partial charge in [0.1, 0.15) is 0 Å². The van der Waals surface area contributed by atoms with Gasteiger partial charge in [0, 0.05) is 38.2 Å². The summed E-state index contributed by atoms with van der Waals surface area (Å²) >= 11 is 0. The van der Waals surface area contributed by atoms with E-state index in [1.807, 2.05) is 24.3 Å². The number of hydrogen-bond donors (Lipinski definition) is 3. The van der Waals surface area contributed by atoms with Crippen molar-refractivity contribution in [1.29, 1.82) is 0 Å². The average molecular weight is 390 g/mol. The van der Waals surface area contributed by atoms with Crippen molar-refractivity contribution >= 4 is 17.6 Å². The minimum atomic E-state index is -4.37.